The Kier molecular flexibility index (Phi) is 4.41. The minimum absolute atomic E-state index is 0.436. The zero-order chi connectivity index (χ0) is 14.7. The summed E-state index contributed by atoms with van der Waals surface area (Å²) in [5.74, 6) is 2.18. The second-order valence-electron chi connectivity index (χ2n) is 5.93. The highest BCUT2D eigenvalue weighted by Crippen LogP contribution is 2.38. The number of rotatable bonds is 5. The van der Waals surface area contributed by atoms with E-state index in [1.807, 2.05) is 7.05 Å². The Morgan fingerprint density at radius 1 is 1.19 bits per heavy atom. The third kappa shape index (κ3) is 3.04. The third-order valence-electron chi connectivity index (χ3n) is 4.51. The van der Waals surface area contributed by atoms with Crippen LogP contribution in [0.2, 0.25) is 0 Å². The summed E-state index contributed by atoms with van der Waals surface area (Å²) in [5.41, 5.74) is 0. The van der Waals surface area contributed by atoms with Gasteiger partial charge in [-0.15, -0.1) is 0 Å². The van der Waals surface area contributed by atoms with Crippen molar-refractivity contribution in [3.63, 3.8) is 0 Å². The largest absolute Gasteiger partial charge is 0.463 e. The van der Waals surface area contributed by atoms with Crippen LogP contribution in [0.1, 0.15) is 45.4 Å². The van der Waals surface area contributed by atoms with E-state index in [0.717, 1.165) is 24.8 Å². The molecule has 1 N–H and O–H groups in total. The van der Waals surface area contributed by atoms with Gasteiger partial charge in [-0.2, -0.15) is 15.0 Å². The Labute approximate surface area is 126 Å². The fraction of sp³-hybridized carbons (Fsp3) is 0.800. The van der Waals surface area contributed by atoms with Crippen LogP contribution in [0.15, 0.2) is 0 Å². The molecule has 2 atom stereocenters. The van der Waals surface area contributed by atoms with Gasteiger partial charge in [0.1, 0.15) is 0 Å². The van der Waals surface area contributed by atoms with Gasteiger partial charge < -0.3 is 15.0 Å². The number of ether oxygens (including phenoxy) is 1. The van der Waals surface area contributed by atoms with E-state index in [2.05, 4.69) is 32.1 Å². The van der Waals surface area contributed by atoms with Gasteiger partial charge in [0.25, 0.3) is 0 Å². The van der Waals surface area contributed by atoms with Gasteiger partial charge in [0, 0.05) is 19.6 Å². The maximum Gasteiger partial charge on any atom is 0.323 e. The van der Waals surface area contributed by atoms with Gasteiger partial charge in [-0.25, -0.2) is 0 Å². The Hall–Kier alpha value is -1.59. The smallest absolute Gasteiger partial charge is 0.323 e. The number of hydrogen-bond donors (Lipinski definition) is 1. The third-order valence-corrected chi connectivity index (χ3v) is 4.51. The second-order valence-corrected chi connectivity index (χ2v) is 5.93. The molecule has 2 aliphatic rings. The lowest BCUT2D eigenvalue weighted by atomic mass is 9.92. The summed E-state index contributed by atoms with van der Waals surface area (Å²) in [6, 6.07) is 1.04. The monoisotopic (exact) mass is 291 g/mol. The molecule has 0 amide bonds. The lowest BCUT2D eigenvalue weighted by Gasteiger charge is -2.37. The Balaban J connectivity index is 1.85. The summed E-state index contributed by atoms with van der Waals surface area (Å²) in [5, 5.41) is 3.01. The molecule has 21 heavy (non-hydrogen) atoms. The number of anilines is 2. The van der Waals surface area contributed by atoms with E-state index in [9.17, 15) is 0 Å². The van der Waals surface area contributed by atoms with E-state index in [1.165, 1.54) is 32.1 Å². The average molecular weight is 291 g/mol. The van der Waals surface area contributed by atoms with Gasteiger partial charge in [-0.3, -0.25) is 0 Å². The van der Waals surface area contributed by atoms with Crippen molar-refractivity contribution in [3.8, 4) is 6.01 Å². The molecule has 1 saturated heterocycles. The maximum absolute atomic E-state index is 5.61. The fourth-order valence-electron chi connectivity index (χ4n) is 3.55. The molecule has 6 nitrogen and oxygen atoms in total. The van der Waals surface area contributed by atoms with Crippen molar-refractivity contribution in [2.24, 2.45) is 5.92 Å². The highest BCUT2D eigenvalue weighted by molar-refractivity contribution is 5.40. The SMILES string of the molecule is CCCOc1nc(NC)nc(N2CCCC3CCCC32)n1. The van der Waals surface area contributed by atoms with Crippen LogP contribution in [0, 0.1) is 5.92 Å². The molecule has 0 radical (unpaired) electrons. The molecule has 1 aromatic rings. The standard InChI is InChI=1S/C15H25N5O/c1-3-10-21-15-18-13(16-2)17-14(19-15)20-9-5-7-11-6-4-8-12(11)20/h11-12H,3-10H2,1-2H3,(H,16,17,18,19). The highest BCUT2D eigenvalue weighted by Gasteiger charge is 2.36. The Morgan fingerprint density at radius 3 is 2.86 bits per heavy atom. The summed E-state index contributed by atoms with van der Waals surface area (Å²) in [7, 11) is 1.83. The van der Waals surface area contributed by atoms with Gasteiger partial charge in [0.05, 0.1) is 6.61 Å². The molecular weight excluding hydrogens is 266 g/mol. The van der Waals surface area contributed by atoms with Crippen LogP contribution >= 0.6 is 0 Å². The Bertz CT molecular complexity index is 481. The van der Waals surface area contributed by atoms with Crippen LogP contribution in [0.3, 0.4) is 0 Å². The zero-order valence-electron chi connectivity index (χ0n) is 13.0. The first-order valence-electron chi connectivity index (χ1n) is 8.15. The zero-order valence-corrected chi connectivity index (χ0v) is 13.0. The van der Waals surface area contributed by atoms with Crippen molar-refractivity contribution in [3.05, 3.63) is 0 Å². The van der Waals surface area contributed by atoms with Gasteiger partial charge in [-0.05, 0) is 38.0 Å². The highest BCUT2D eigenvalue weighted by atomic mass is 16.5. The first kappa shape index (κ1) is 14.4. The number of fused-ring (bicyclic) bond motifs is 1. The first-order valence-corrected chi connectivity index (χ1v) is 8.15. The van der Waals surface area contributed by atoms with Crippen molar-refractivity contribution in [1.82, 2.24) is 15.0 Å². The number of nitrogens with one attached hydrogen (secondary N) is 1. The summed E-state index contributed by atoms with van der Waals surface area (Å²) >= 11 is 0. The van der Waals surface area contributed by atoms with Crippen molar-refractivity contribution in [2.45, 2.75) is 51.5 Å². The van der Waals surface area contributed by atoms with Crippen molar-refractivity contribution in [1.29, 1.82) is 0 Å². The minimum Gasteiger partial charge on any atom is -0.463 e. The van der Waals surface area contributed by atoms with E-state index >= 15 is 0 Å². The fourth-order valence-corrected chi connectivity index (χ4v) is 3.55. The molecule has 1 aliphatic heterocycles. The molecule has 1 aromatic heterocycles. The molecule has 3 rings (SSSR count). The summed E-state index contributed by atoms with van der Waals surface area (Å²) in [6.45, 7) is 3.76. The minimum atomic E-state index is 0.436. The maximum atomic E-state index is 5.61. The van der Waals surface area contributed by atoms with E-state index < -0.39 is 0 Å². The molecular formula is C15H25N5O. The normalized spacial score (nSPS) is 24.8. The first-order chi connectivity index (χ1) is 10.3. The number of nitrogens with zero attached hydrogens (tertiary/aromatic N) is 4. The molecule has 0 spiro atoms. The topological polar surface area (TPSA) is 63.2 Å². The molecule has 2 heterocycles. The molecule has 2 unspecified atom stereocenters. The predicted molar refractivity (Wildman–Crippen MR) is 82.9 cm³/mol. The van der Waals surface area contributed by atoms with Crippen LogP contribution in [-0.2, 0) is 0 Å². The van der Waals surface area contributed by atoms with Crippen LogP contribution in [-0.4, -0.2) is 41.2 Å². The van der Waals surface area contributed by atoms with Crippen molar-refractivity contribution >= 4 is 11.9 Å². The van der Waals surface area contributed by atoms with E-state index in [1.54, 1.807) is 0 Å². The predicted octanol–water partition coefficient (Wildman–Crippen LogP) is 2.47. The van der Waals surface area contributed by atoms with Crippen LogP contribution in [0.5, 0.6) is 6.01 Å². The summed E-state index contributed by atoms with van der Waals surface area (Å²) in [4.78, 5) is 15.8. The number of aromatic nitrogens is 3. The summed E-state index contributed by atoms with van der Waals surface area (Å²) < 4.78 is 5.61. The lowest BCUT2D eigenvalue weighted by molar-refractivity contribution is 0.290. The van der Waals surface area contributed by atoms with Crippen molar-refractivity contribution in [2.75, 3.05) is 30.4 Å². The second kappa shape index (κ2) is 6.45. The average Bonchev–Trinajstić information content (AvgIpc) is 3.01. The lowest BCUT2D eigenvalue weighted by Crippen LogP contribution is -2.43. The van der Waals surface area contributed by atoms with E-state index in [4.69, 9.17) is 4.74 Å². The molecule has 0 bridgehead atoms. The quantitative estimate of drug-likeness (QED) is 0.899. The molecule has 6 heteroatoms. The van der Waals surface area contributed by atoms with Crippen LogP contribution in [0.25, 0.3) is 0 Å². The number of hydrogen-bond acceptors (Lipinski definition) is 6. The number of piperidine rings is 1. The molecule has 2 fully saturated rings. The van der Waals surface area contributed by atoms with E-state index in [0.29, 0.717) is 24.6 Å². The summed E-state index contributed by atoms with van der Waals surface area (Å²) in [6.07, 6.45) is 7.47. The van der Waals surface area contributed by atoms with Gasteiger partial charge in [0.15, 0.2) is 0 Å². The van der Waals surface area contributed by atoms with Crippen molar-refractivity contribution < 1.29 is 4.74 Å². The molecule has 1 saturated carbocycles. The molecule has 116 valence electrons. The van der Waals surface area contributed by atoms with Gasteiger partial charge in [0.2, 0.25) is 11.9 Å². The molecule has 1 aliphatic carbocycles. The molecule has 0 aromatic carbocycles. The van der Waals surface area contributed by atoms with Crippen LogP contribution in [0.4, 0.5) is 11.9 Å². The van der Waals surface area contributed by atoms with Crippen LogP contribution < -0.4 is 15.0 Å². The Morgan fingerprint density at radius 2 is 2.05 bits per heavy atom. The van der Waals surface area contributed by atoms with Gasteiger partial charge >= 0.3 is 6.01 Å². The van der Waals surface area contributed by atoms with E-state index in [-0.39, 0.29) is 0 Å². The van der Waals surface area contributed by atoms with Gasteiger partial charge in [-0.1, -0.05) is 13.3 Å².